The van der Waals surface area contributed by atoms with Gasteiger partial charge < -0.3 is 0 Å². The first-order chi connectivity index (χ1) is 5.65. The normalized spacial score (nSPS) is 10.8. The third-order valence-corrected chi connectivity index (χ3v) is 1.54. The molecule has 4 heteroatoms. The summed E-state index contributed by atoms with van der Waals surface area (Å²) in [5, 5.41) is 0. The molecule has 0 fully saturated rings. The van der Waals surface area contributed by atoms with Crippen molar-refractivity contribution in [2.45, 2.75) is 20.0 Å². The zero-order valence-electron chi connectivity index (χ0n) is 6.52. The molecule has 0 amide bonds. The molecule has 0 unspecified atom stereocenters. The molecule has 0 aliphatic carbocycles. The maximum Gasteiger partial charge on any atom is 0.280 e. The van der Waals surface area contributed by atoms with Crippen LogP contribution in [0.25, 0.3) is 0 Å². The molecule has 1 aromatic rings. The third kappa shape index (κ3) is 1.75. The van der Waals surface area contributed by atoms with Gasteiger partial charge in [0.25, 0.3) is 6.43 Å². The fraction of sp³-hybridized carbons (Fsp3) is 0.375. The van der Waals surface area contributed by atoms with Crippen molar-refractivity contribution in [2.75, 3.05) is 0 Å². The van der Waals surface area contributed by atoms with Crippen LogP contribution < -0.4 is 0 Å². The summed E-state index contributed by atoms with van der Waals surface area (Å²) in [6, 6.07) is 2.85. The van der Waals surface area contributed by atoms with Crippen molar-refractivity contribution in [1.82, 2.24) is 4.98 Å². The van der Waals surface area contributed by atoms with Crippen LogP contribution in [0.5, 0.6) is 0 Å². The number of aryl methyl sites for hydroxylation is 1. The van der Waals surface area contributed by atoms with Crippen molar-refractivity contribution in [3.05, 3.63) is 29.1 Å². The second kappa shape index (κ2) is 3.56. The van der Waals surface area contributed by atoms with Crippen LogP contribution in [0, 0.1) is 6.92 Å². The molecule has 0 saturated heterocycles. The lowest BCUT2D eigenvalue weighted by Gasteiger charge is -2.04. The molecule has 0 aromatic carbocycles. The highest BCUT2D eigenvalue weighted by Gasteiger charge is 2.12. The quantitative estimate of drug-likeness (QED) is 0.673. The van der Waals surface area contributed by atoms with Gasteiger partial charge in [0.2, 0.25) is 0 Å². The topological polar surface area (TPSA) is 12.9 Å². The Balaban J connectivity index is 3.08. The molecule has 0 bridgehead atoms. The van der Waals surface area contributed by atoms with Crippen LogP contribution >= 0.6 is 0 Å². The van der Waals surface area contributed by atoms with Crippen molar-refractivity contribution in [2.24, 2.45) is 0 Å². The van der Waals surface area contributed by atoms with Crippen molar-refractivity contribution in [3.8, 4) is 0 Å². The highest BCUT2D eigenvalue weighted by Crippen LogP contribution is 2.20. The summed E-state index contributed by atoms with van der Waals surface area (Å²) in [5.41, 5.74) is 0.114. The minimum absolute atomic E-state index is 0.0518. The first-order valence-electron chi connectivity index (χ1n) is 3.45. The Kier molecular flexibility index (Phi) is 2.68. The summed E-state index contributed by atoms with van der Waals surface area (Å²) in [6.07, 6.45) is -2.63. The molecule has 0 radical (unpaired) electrons. The molecule has 1 nitrogen and oxygen atoms in total. The summed E-state index contributed by atoms with van der Waals surface area (Å²) >= 11 is 0. The summed E-state index contributed by atoms with van der Waals surface area (Å²) in [4.78, 5) is 3.47. The van der Waals surface area contributed by atoms with Gasteiger partial charge in [-0.3, -0.25) is 0 Å². The van der Waals surface area contributed by atoms with Gasteiger partial charge in [-0.1, -0.05) is 6.07 Å². The Morgan fingerprint density at radius 1 is 1.42 bits per heavy atom. The van der Waals surface area contributed by atoms with E-state index < -0.39 is 13.1 Å². The fourth-order valence-electron chi connectivity index (χ4n) is 0.882. The van der Waals surface area contributed by atoms with Gasteiger partial charge in [-0.2, -0.15) is 0 Å². The Morgan fingerprint density at radius 2 is 2.08 bits per heavy atom. The van der Waals surface area contributed by atoms with Crippen LogP contribution in [0.1, 0.15) is 23.4 Å². The second-order valence-electron chi connectivity index (χ2n) is 2.44. The maximum absolute atomic E-state index is 12.2. The molecule has 1 heterocycles. The van der Waals surface area contributed by atoms with E-state index in [0.29, 0.717) is 5.56 Å². The Hall–Kier alpha value is -1.06. The molecular weight excluding hydrogens is 167 g/mol. The molecule has 12 heavy (non-hydrogen) atoms. The SMILES string of the molecule is Cc1ccc(CF)nc1C(F)F. The van der Waals surface area contributed by atoms with Gasteiger partial charge in [0, 0.05) is 0 Å². The van der Waals surface area contributed by atoms with Crippen LogP contribution in [-0.4, -0.2) is 4.98 Å². The van der Waals surface area contributed by atoms with Crippen LogP contribution in [0.3, 0.4) is 0 Å². The van der Waals surface area contributed by atoms with Crippen LogP contribution in [-0.2, 0) is 6.67 Å². The van der Waals surface area contributed by atoms with Crippen LogP contribution in [0.15, 0.2) is 12.1 Å². The van der Waals surface area contributed by atoms with Crippen LogP contribution in [0.4, 0.5) is 13.2 Å². The molecule has 1 aromatic heterocycles. The largest absolute Gasteiger partial charge is 0.280 e. The number of halogens is 3. The van der Waals surface area contributed by atoms with Crippen molar-refractivity contribution in [3.63, 3.8) is 0 Å². The van der Waals surface area contributed by atoms with Gasteiger partial charge in [-0.25, -0.2) is 18.2 Å². The number of aromatic nitrogens is 1. The van der Waals surface area contributed by atoms with E-state index in [4.69, 9.17) is 0 Å². The van der Waals surface area contributed by atoms with E-state index in [1.165, 1.54) is 19.1 Å². The molecule has 0 aliphatic rings. The van der Waals surface area contributed by atoms with E-state index >= 15 is 0 Å². The van der Waals surface area contributed by atoms with Gasteiger partial charge in [0.1, 0.15) is 12.4 Å². The Bertz CT molecular complexity index is 273. The maximum atomic E-state index is 12.2. The standard InChI is InChI=1S/C8H8F3N/c1-5-2-3-6(4-9)12-7(5)8(10)11/h2-3,8H,4H2,1H3. The molecule has 66 valence electrons. The second-order valence-corrected chi connectivity index (χ2v) is 2.44. The van der Waals surface area contributed by atoms with Crippen LogP contribution in [0.2, 0.25) is 0 Å². The smallest absolute Gasteiger partial charge is 0.249 e. The highest BCUT2D eigenvalue weighted by molar-refractivity contribution is 5.22. The summed E-state index contributed by atoms with van der Waals surface area (Å²) in [5.74, 6) is 0. The molecule has 0 N–H and O–H groups in total. The van der Waals surface area contributed by atoms with Crippen molar-refractivity contribution < 1.29 is 13.2 Å². The van der Waals surface area contributed by atoms with Gasteiger partial charge in [-0.15, -0.1) is 0 Å². The lowest BCUT2D eigenvalue weighted by atomic mass is 10.2. The van der Waals surface area contributed by atoms with E-state index in [9.17, 15) is 13.2 Å². The fourth-order valence-corrected chi connectivity index (χ4v) is 0.882. The summed E-state index contributed by atoms with van der Waals surface area (Å²) in [7, 11) is 0. The molecule has 0 aliphatic heterocycles. The molecule has 0 atom stereocenters. The Labute approximate surface area is 68.2 Å². The average Bonchev–Trinajstić information content (AvgIpc) is 2.05. The monoisotopic (exact) mass is 175 g/mol. The minimum Gasteiger partial charge on any atom is -0.249 e. The number of hydrogen-bond donors (Lipinski definition) is 0. The molecule has 0 saturated carbocycles. The third-order valence-electron chi connectivity index (χ3n) is 1.54. The number of nitrogens with zero attached hydrogens (tertiary/aromatic N) is 1. The molecule has 0 spiro atoms. The lowest BCUT2D eigenvalue weighted by Crippen LogP contribution is -1.97. The van der Waals surface area contributed by atoms with Gasteiger partial charge in [0.15, 0.2) is 0 Å². The minimum atomic E-state index is -2.63. The predicted molar refractivity (Wildman–Crippen MR) is 38.7 cm³/mol. The zero-order chi connectivity index (χ0) is 9.14. The van der Waals surface area contributed by atoms with E-state index in [2.05, 4.69) is 4.98 Å². The van der Waals surface area contributed by atoms with Gasteiger partial charge >= 0.3 is 0 Å². The van der Waals surface area contributed by atoms with E-state index in [0.717, 1.165) is 0 Å². The number of hydrogen-bond acceptors (Lipinski definition) is 1. The molecule has 1 rings (SSSR count). The highest BCUT2D eigenvalue weighted by atomic mass is 19.3. The number of pyridine rings is 1. The zero-order valence-corrected chi connectivity index (χ0v) is 6.52. The summed E-state index contributed by atoms with van der Waals surface area (Å²) < 4.78 is 36.3. The Morgan fingerprint density at radius 3 is 2.58 bits per heavy atom. The van der Waals surface area contributed by atoms with Gasteiger partial charge in [0.05, 0.1) is 5.69 Å². The number of alkyl halides is 3. The predicted octanol–water partition coefficient (Wildman–Crippen LogP) is 2.80. The van der Waals surface area contributed by atoms with E-state index in [-0.39, 0.29) is 11.4 Å². The van der Waals surface area contributed by atoms with Gasteiger partial charge in [-0.05, 0) is 18.6 Å². The van der Waals surface area contributed by atoms with E-state index in [1.807, 2.05) is 0 Å². The first kappa shape index (κ1) is 9.03. The first-order valence-corrected chi connectivity index (χ1v) is 3.45. The van der Waals surface area contributed by atoms with Crippen molar-refractivity contribution >= 4 is 0 Å². The number of rotatable bonds is 2. The van der Waals surface area contributed by atoms with Crippen molar-refractivity contribution in [1.29, 1.82) is 0 Å². The van der Waals surface area contributed by atoms with E-state index in [1.54, 1.807) is 0 Å². The summed E-state index contributed by atoms with van der Waals surface area (Å²) in [6.45, 7) is 0.719. The average molecular weight is 175 g/mol. The lowest BCUT2D eigenvalue weighted by molar-refractivity contribution is 0.144. The molecular formula is C8H8F3N.